The van der Waals surface area contributed by atoms with Crippen LogP contribution in [-0.4, -0.2) is 54.0 Å². The molecule has 8 nitrogen and oxygen atoms in total. The lowest BCUT2D eigenvalue weighted by Crippen LogP contribution is -2.29. The number of aliphatic hydroxyl groups excluding tert-OH is 1. The molecule has 184 valence electrons. The molecule has 1 aliphatic heterocycles. The zero-order chi connectivity index (χ0) is 26.0. The summed E-state index contributed by atoms with van der Waals surface area (Å²) in [7, 11) is 5.31. The number of hydrogen-bond acceptors (Lipinski definition) is 6. The second-order valence-corrected chi connectivity index (χ2v) is 8.65. The van der Waals surface area contributed by atoms with Crippen molar-refractivity contribution in [2.75, 3.05) is 26.1 Å². The molecule has 8 heteroatoms. The van der Waals surface area contributed by atoms with Gasteiger partial charge in [-0.2, -0.15) is 0 Å². The van der Waals surface area contributed by atoms with Gasteiger partial charge in [0.15, 0.2) is 0 Å². The Bertz CT molecular complexity index is 1340. The minimum Gasteiger partial charge on any atom is -0.507 e. The number of hydrogen-bond donors (Lipinski definition) is 2. The average molecular weight is 487 g/mol. The first-order valence-corrected chi connectivity index (χ1v) is 11.2. The number of nitrogens with zero attached hydrogens (tertiary/aromatic N) is 2. The molecule has 0 aromatic heterocycles. The summed E-state index contributed by atoms with van der Waals surface area (Å²) in [5.74, 6) is -2.39. The lowest BCUT2D eigenvalue weighted by Gasteiger charge is -2.26. The Morgan fingerprint density at radius 3 is 2.19 bits per heavy atom. The molecule has 1 heterocycles. The number of aromatic carboxylic acids is 1. The number of carboxylic acid groups (broad SMARTS) is 1. The van der Waals surface area contributed by atoms with Crippen LogP contribution in [0.5, 0.6) is 5.75 Å². The zero-order valence-electron chi connectivity index (χ0n) is 20.1. The highest BCUT2D eigenvalue weighted by Gasteiger charge is 2.46. The molecule has 1 unspecified atom stereocenters. The van der Waals surface area contributed by atoms with Gasteiger partial charge in [-0.15, -0.1) is 0 Å². The fourth-order valence-electron chi connectivity index (χ4n) is 4.22. The fraction of sp³-hybridized carbons (Fsp3) is 0.179. The standard InChI is InChI=1S/C28H26N2O6/c1-29(2)21-13-11-18(12-14-21)24-23(25(31)20-5-4-6-22(15-20)36-3)26(32)27(33)30(24)16-17-7-9-19(10-8-17)28(34)35/h4-15,24,31H,16H2,1-3H3,(H,34,35)/b25-23+. The van der Waals surface area contributed by atoms with E-state index in [0.29, 0.717) is 22.4 Å². The van der Waals surface area contributed by atoms with Crippen LogP contribution in [0.3, 0.4) is 0 Å². The summed E-state index contributed by atoms with van der Waals surface area (Å²) in [6.07, 6.45) is 0. The van der Waals surface area contributed by atoms with Crippen molar-refractivity contribution < 1.29 is 29.3 Å². The van der Waals surface area contributed by atoms with Crippen LogP contribution >= 0.6 is 0 Å². The van der Waals surface area contributed by atoms with Crippen molar-refractivity contribution in [1.82, 2.24) is 4.90 Å². The van der Waals surface area contributed by atoms with Crippen molar-refractivity contribution in [1.29, 1.82) is 0 Å². The van der Waals surface area contributed by atoms with E-state index in [1.165, 1.54) is 24.1 Å². The van der Waals surface area contributed by atoms with Crippen LogP contribution in [0.25, 0.3) is 5.76 Å². The normalized spacial score (nSPS) is 16.8. The highest BCUT2D eigenvalue weighted by atomic mass is 16.5. The van der Waals surface area contributed by atoms with Crippen LogP contribution in [0, 0.1) is 0 Å². The van der Waals surface area contributed by atoms with Gasteiger partial charge in [-0.05, 0) is 47.5 Å². The molecule has 0 saturated carbocycles. The summed E-state index contributed by atoms with van der Waals surface area (Å²) >= 11 is 0. The van der Waals surface area contributed by atoms with E-state index >= 15 is 0 Å². The zero-order valence-corrected chi connectivity index (χ0v) is 20.1. The van der Waals surface area contributed by atoms with E-state index < -0.39 is 23.7 Å². The number of aliphatic hydroxyl groups is 1. The summed E-state index contributed by atoms with van der Waals surface area (Å²) in [4.78, 5) is 41.0. The summed E-state index contributed by atoms with van der Waals surface area (Å²) in [5.41, 5.74) is 2.70. The molecule has 4 rings (SSSR count). The van der Waals surface area contributed by atoms with Gasteiger partial charge < -0.3 is 24.7 Å². The number of amides is 1. The smallest absolute Gasteiger partial charge is 0.335 e. The molecule has 1 saturated heterocycles. The Balaban J connectivity index is 1.82. The highest BCUT2D eigenvalue weighted by Crippen LogP contribution is 2.41. The van der Waals surface area contributed by atoms with Gasteiger partial charge in [-0.25, -0.2) is 4.79 Å². The van der Waals surface area contributed by atoms with Gasteiger partial charge in [0, 0.05) is 31.9 Å². The Morgan fingerprint density at radius 2 is 1.61 bits per heavy atom. The minimum atomic E-state index is -1.05. The number of anilines is 1. The molecule has 0 aliphatic carbocycles. The van der Waals surface area contributed by atoms with Gasteiger partial charge in [-0.3, -0.25) is 9.59 Å². The Kier molecular flexibility index (Phi) is 6.78. The van der Waals surface area contributed by atoms with Crippen molar-refractivity contribution in [3.05, 3.63) is 101 Å². The molecule has 36 heavy (non-hydrogen) atoms. The van der Waals surface area contributed by atoms with Crippen molar-refractivity contribution in [3.8, 4) is 5.75 Å². The monoisotopic (exact) mass is 486 g/mol. The van der Waals surface area contributed by atoms with Crippen LogP contribution in [0.4, 0.5) is 5.69 Å². The Morgan fingerprint density at radius 1 is 0.944 bits per heavy atom. The molecule has 0 bridgehead atoms. The number of carboxylic acids is 1. The largest absolute Gasteiger partial charge is 0.507 e. The second kappa shape index (κ2) is 9.95. The molecular weight excluding hydrogens is 460 g/mol. The van der Waals surface area contributed by atoms with Gasteiger partial charge in [0.05, 0.1) is 24.3 Å². The predicted molar refractivity (Wildman–Crippen MR) is 135 cm³/mol. The Hall–Kier alpha value is -4.59. The molecule has 3 aromatic rings. The first kappa shape index (κ1) is 24.5. The molecule has 3 aromatic carbocycles. The first-order valence-electron chi connectivity index (χ1n) is 11.2. The molecule has 1 aliphatic rings. The number of likely N-dealkylation sites (tertiary alicyclic amines) is 1. The third kappa shape index (κ3) is 4.65. The van der Waals surface area contributed by atoms with Crippen LogP contribution in [0.15, 0.2) is 78.4 Å². The average Bonchev–Trinajstić information content (AvgIpc) is 3.13. The van der Waals surface area contributed by atoms with E-state index in [-0.39, 0.29) is 23.4 Å². The van der Waals surface area contributed by atoms with Crippen LogP contribution in [0.2, 0.25) is 0 Å². The molecular formula is C28H26N2O6. The quantitative estimate of drug-likeness (QED) is 0.294. The number of Topliss-reactive ketones (excluding diaryl/α,β-unsaturated/α-hetero) is 1. The predicted octanol–water partition coefficient (Wildman–Crippen LogP) is 4.08. The number of ketones is 1. The van der Waals surface area contributed by atoms with Gasteiger partial charge in [0.1, 0.15) is 11.5 Å². The molecule has 2 N–H and O–H groups in total. The third-order valence-corrected chi connectivity index (χ3v) is 6.16. The molecule has 1 amide bonds. The summed E-state index contributed by atoms with van der Waals surface area (Å²) in [6.45, 7) is 0.0550. The van der Waals surface area contributed by atoms with Crippen molar-refractivity contribution in [2.45, 2.75) is 12.6 Å². The number of benzene rings is 3. The maximum absolute atomic E-state index is 13.3. The lowest BCUT2D eigenvalue weighted by atomic mass is 9.95. The number of carbonyl (C=O) groups is 3. The Labute approximate surface area is 208 Å². The van der Waals surface area contributed by atoms with Crippen LogP contribution < -0.4 is 9.64 Å². The first-order chi connectivity index (χ1) is 17.2. The van der Waals surface area contributed by atoms with Crippen molar-refractivity contribution in [2.24, 2.45) is 0 Å². The molecule has 1 atom stereocenters. The maximum Gasteiger partial charge on any atom is 0.335 e. The van der Waals surface area contributed by atoms with E-state index in [1.807, 2.05) is 43.3 Å². The molecule has 0 radical (unpaired) electrons. The van der Waals surface area contributed by atoms with Gasteiger partial charge >= 0.3 is 5.97 Å². The number of rotatable bonds is 7. The summed E-state index contributed by atoms with van der Waals surface area (Å²) < 4.78 is 5.25. The number of ether oxygens (including phenoxy) is 1. The topological polar surface area (TPSA) is 107 Å². The van der Waals surface area contributed by atoms with Crippen LogP contribution in [0.1, 0.15) is 33.1 Å². The third-order valence-electron chi connectivity index (χ3n) is 6.16. The number of methoxy groups -OCH3 is 1. The molecule has 0 spiro atoms. The van der Waals surface area contributed by atoms with E-state index in [9.17, 15) is 24.6 Å². The molecule has 1 fully saturated rings. The van der Waals surface area contributed by atoms with Gasteiger partial charge in [0.2, 0.25) is 0 Å². The SMILES string of the molecule is COc1cccc(/C(O)=C2\C(=O)C(=O)N(Cc3ccc(C(=O)O)cc3)C2c2ccc(N(C)C)cc2)c1. The van der Waals surface area contributed by atoms with E-state index in [4.69, 9.17) is 4.74 Å². The highest BCUT2D eigenvalue weighted by molar-refractivity contribution is 6.46. The lowest BCUT2D eigenvalue weighted by molar-refractivity contribution is -0.140. The van der Waals surface area contributed by atoms with Crippen molar-refractivity contribution >= 4 is 29.1 Å². The van der Waals surface area contributed by atoms with E-state index in [1.54, 1.807) is 36.4 Å². The second-order valence-electron chi connectivity index (χ2n) is 8.65. The van der Waals surface area contributed by atoms with E-state index in [2.05, 4.69) is 0 Å². The van der Waals surface area contributed by atoms with Gasteiger partial charge in [0.25, 0.3) is 11.7 Å². The number of carbonyl (C=O) groups excluding carboxylic acids is 2. The van der Waals surface area contributed by atoms with E-state index in [0.717, 1.165) is 5.69 Å². The fourth-order valence-corrected chi connectivity index (χ4v) is 4.22. The van der Waals surface area contributed by atoms with Crippen LogP contribution in [-0.2, 0) is 16.1 Å². The van der Waals surface area contributed by atoms with Crippen molar-refractivity contribution in [3.63, 3.8) is 0 Å². The van der Waals surface area contributed by atoms with Gasteiger partial charge in [-0.1, -0.05) is 36.4 Å². The minimum absolute atomic E-state index is 0.0204. The summed E-state index contributed by atoms with van der Waals surface area (Å²) in [5, 5.41) is 20.4. The summed E-state index contributed by atoms with van der Waals surface area (Å²) in [6, 6.07) is 19.3. The maximum atomic E-state index is 13.3.